The highest BCUT2D eigenvalue weighted by molar-refractivity contribution is 5.56. The van der Waals surface area contributed by atoms with Crippen molar-refractivity contribution in [2.45, 2.75) is 44.9 Å². The SMILES string of the molecule is CC(C)NCC1CCCN1c1ccccc1C(F)(F)F. The first-order valence-electron chi connectivity index (χ1n) is 7.06. The first-order chi connectivity index (χ1) is 9.39. The molecule has 1 fully saturated rings. The van der Waals surface area contributed by atoms with Gasteiger partial charge in [0.1, 0.15) is 0 Å². The van der Waals surface area contributed by atoms with Gasteiger partial charge < -0.3 is 10.2 Å². The van der Waals surface area contributed by atoms with Crippen molar-refractivity contribution in [1.29, 1.82) is 0 Å². The van der Waals surface area contributed by atoms with E-state index in [-0.39, 0.29) is 6.04 Å². The van der Waals surface area contributed by atoms with Gasteiger partial charge in [0.15, 0.2) is 0 Å². The van der Waals surface area contributed by atoms with Gasteiger partial charge in [-0.2, -0.15) is 13.2 Å². The molecule has 1 N–H and O–H groups in total. The molecular formula is C15H21F3N2. The third-order valence-corrected chi connectivity index (χ3v) is 3.66. The van der Waals surface area contributed by atoms with Crippen LogP contribution in [0, 0.1) is 0 Å². The van der Waals surface area contributed by atoms with Crippen molar-refractivity contribution in [1.82, 2.24) is 5.32 Å². The molecule has 1 aromatic rings. The van der Waals surface area contributed by atoms with Crippen molar-refractivity contribution >= 4 is 5.69 Å². The van der Waals surface area contributed by atoms with Crippen LogP contribution in [0.25, 0.3) is 0 Å². The molecule has 1 unspecified atom stereocenters. The molecule has 0 aromatic heterocycles. The van der Waals surface area contributed by atoms with E-state index in [0.29, 0.717) is 18.3 Å². The van der Waals surface area contributed by atoms with Crippen LogP contribution in [0.2, 0.25) is 0 Å². The van der Waals surface area contributed by atoms with Crippen LogP contribution in [0.1, 0.15) is 32.3 Å². The third kappa shape index (κ3) is 3.45. The molecule has 0 spiro atoms. The Morgan fingerprint density at radius 2 is 2.00 bits per heavy atom. The first kappa shape index (κ1) is 15.2. The van der Waals surface area contributed by atoms with Gasteiger partial charge in [-0.25, -0.2) is 0 Å². The maximum Gasteiger partial charge on any atom is 0.418 e. The minimum atomic E-state index is -4.30. The molecule has 20 heavy (non-hydrogen) atoms. The van der Waals surface area contributed by atoms with Gasteiger partial charge in [-0.15, -0.1) is 0 Å². The fourth-order valence-electron chi connectivity index (χ4n) is 2.70. The molecule has 1 aromatic carbocycles. The van der Waals surface area contributed by atoms with Crippen molar-refractivity contribution in [3.8, 4) is 0 Å². The summed E-state index contributed by atoms with van der Waals surface area (Å²) in [4.78, 5) is 1.90. The molecule has 0 aliphatic carbocycles. The fraction of sp³-hybridized carbons (Fsp3) is 0.600. The molecule has 1 heterocycles. The quantitative estimate of drug-likeness (QED) is 0.908. The zero-order valence-electron chi connectivity index (χ0n) is 11.9. The van der Waals surface area contributed by atoms with E-state index >= 15 is 0 Å². The highest BCUT2D eigenvalue weighted by Gasteiger charge is 2.36. The Morgan fingerprint density at radius 3 is 2.65 bits per heavy atom. The number of nitrogens with zero attached hydrogens (tertiary/aromatic N) is 1. The highest BCUT2D eigenvalue weighted by atomic mass is 19.4. The molecule has 1 atom stereocenters. The van der Waals surface area contributed by atoms with Crippen molar-refractivity contribution in [3.05, 3.63) is 29.8 Å². The van der Waals surface area contributed by atoms with Gasteiger partial charge in [0.05, 0.1) is 5.56 Å². The molecule has 0 amide bonds. The molecule has 1 aliphatic rings. The lowest BCUT2D eigenvalue weighted by atomic mass is 10.1. The van der Waals surface area contributed by atoms with Crippen molar-refractivity contribution in [2.75, 3.05) is 18.0 Å². The molecule has 0 saturated carbocycles. The second-order valence-electron chi connectivity index (χ2n) is 5.57. The lowest BCUT2D eigenvalue weighted by molar-refractivity contribution is -0.137. The van der Waals surface area contributed by atoms with E-state index in [4.69, 9.17) is 0 Å². The Labute approximate surface area is 118 Å². The van der Waals surface area contributed by atoms with Crippen molar-refractivity contribution < 1.29 is 13.2 Å². The van der Waals surface area contributed by atoms with Gasteiger partial charge in [-0.1, -0.05) is 26.0 Å². The zero-order chi connectivity index (χ0) is 14.8. The van der Waals surface area contributed by atoms with Crippen LogP contribution in [0.4, 0.5) is 18.9 Å². The molecule has 0 radical (unpaired) electrons. The van der Waals surface area contributed by atoms with E-state index in [1.807, 2.05) is 18.7 Å². The average Bonchev–Trinajstić information content (AvgIpc) is 2.83. The Hall–Kier alpha value is -1.23. The predicted octanol–water partition coefficient (Wildman–Crippen LogP) is 3.67. The smallest absolute Gasteiger partial charge is 0.367 e. The molecule has 2 rings (SSSR count). The molecular weight excluding hydrogens is 265 g/mol. The second-order valence-corrected chi connectivity index (χ2v) is 5.57. The number of anilines is 1. The maximum absolute atomic E-state index is 13.1. The fourth-order valence-corrected chi connectivity index (χ4v) is 2.70. The molecule has 1 aliphatic heterocycles. The summed E-state index contributed by atoms with van der Waals surface area (Å²) in [6.45, 7) is 5.51. The van der Waals surface area contributed by atoms with Crippen LogP contribution in [-0.4, -0.2) is 25.2 Å². The van der Waals surface area contributed by atoms with Gasteiger partial charge >= 0.3 is 6.18 Å². The number of hydrogen-bond donors (Lipinski definition) is 1. The van der Waals surface area contributed by atoms with E-state index in [1.165, 1.54) is 12.1 Å². The Bertz CT molecular complexity index is 443. The normalized spacial score (nSPS) is 19.9. The van der Waals surface area contributed by atoms with Gasteiger partial charge in [0, 0.05) is 30.9 Å². The summed E-state index contributed by atoms with van der Waals surface area (Å²) in [7, 11) is 0. The van der Waals surface area contributed by atoms with Gasteiger partial charge in [0.25, 0.3) is 0 Å². The maximum atomic E-state index is 13.1. The van der Waals surface area contributed by atoms with Gasteiger partial charge in [0.2, 0.25) is 0 Å². The van der Waals surface area contributed by atoms with E-state index in [2.05, 4.69) is 5.32 Å². The topological polar surface area (TPSA) is 15.3 Å². The summed E-state index contributed by atoms with van der Waals surface area (Å²) in [6, 6.07) is 6.35. The lowest BCUT2D eigenvalue weighted by Gasteiger charge is -2.30. The van der Waals surface area contributed by atoms with E-state index in [1.54, 1.807) is 12.1 Å². The zero-order valence-corrected chi connectivity index (χ0v) is 11.9. The number of halogens is 3. The molecule has 0 bridgehead atoms. The molecule has 1 saturated heterocycles. The summed E-state index contributed by atoms with van der Waals surface area (Å²) >= 11 is 0. The standard InChI is InChI=1S/C15H21F3N2/c1-11(2)19-10-12-6-5-9-20(12)14-8-4-3-7-13(14)15(16,17)18/h3-4,7-8,11-12,19H,5-6,9-10H2,1-2H3. The van der Waals surface area contributed by atoms with Crippen molar-refractivity contribution in [3.63, 3.8) is 0 Å². The summed E-state index contributed by atoms with van der Waals surface area (Å²) in [5.41, 5.74) is -0.218. The van der Waals surface area contributed by atoms with Crippen LogP contribution >= 0.6 is 0 Å². The van der Waals surface area contributed by atoms with Crippen LogP contribution in [-0.2, 0) is 6.18 Å². The van der Waals surface area contributed by atoms with E-state index < -0.39 is 11.7 Å². The average molecular weight is 286 g/mol. The number of hydrogen-bond acceptors (Lipinski definition) is 2. The monoisotopic (exact) mass is 286 g/mol. The van der Waals surface area contributed by atoms with Crippen LogP contribution < -0.4 is 10.2 Å². The molecule has 5 heteroatoms. The summed E-state index contributed by atoms with van der Waals surface area (Å²) in [5.74, 6) is 0. The molecule has 2 nitrogen and oxygen atoms in total. The highest BCUT2D eigenvalue weighted by Crippen LogP contribution is 2.38. The summed E-state index contributed by atoms with van der Waals surface area (Å²) in [5, 5.41) is 3.32. The van der Waals surface area contributed by atoms with Gasteiger partial charge in [-0.05, 0) is 25.0 Å². The number of benzene rings is 1. The number of alkyl halides is 3. The second kappa shape index (κ2) is 6.04. The molecule has 112 valence electrons. The number of para-hydroxylation sites is 1. The first-order valence-corrected chi connectivity index (χ1v) is 7.06. The van der Waals surface area contributed by atoms with E-state index in [9.17, 15) is 13.2 Å². The number of rotatable bonds is 4. The predicted molar refractivity (Wildman–Crippen MR) is 75.0 cm³/mol. The Balaban J connectivity index is 2.22. The van der Waals surface area contributed by atoms with Crippen LogP contribution in [0.15, 0.2) is 24.3 Å². The van der Waals surface area contributed by atoms with Crippen LogP contribution in [0.3, 0.4) is 0 Å². The summed E-state index contributed by atoms with van der Waals surface area (Å²) < 4.78 is 39.3. The number of nitrogens with one attached hydrogen (secondary N) is 1. The van der Waals surface area contributed by atoms with E-state index in [0.717, 1.165) is 19.4 Å². The Kier molecular flexibility index (Phi) is 4.58. The van der Waals surface area contributed by atoms with Crippen LogP contribution in [0.5, 0.6) is 0 Å². The lowest BCUT2D eigenvalue weighted by Crippen LogP contribution is -2.41. The minimum Gasteiger partial charge on any atom is -0.367 e. The largest absolute Gasteiger partial charge is 0.418 e. The van der Waals surface area contributed by atoms with Crippen molar-refractivity contribution in [2.24, 2.45) is 0 Å². The minimum absolute atomic E-state index is 0.140. The Morgan fingerprint density at radius 1 is 1.30 bits per heavy atom. The third-order valence-electron chi connectivity index (χ3n) is 3.66. The van der Waals surface area contributed by atoms with Gasteiger partial charge in [-0.3, -0.25) is 0 Å². The summed E-state index contributed by atoms with van der Waals surface area (Å²) in [6.07, 6.45) is -2.42.